The molecule has 0 saturated carbocycles. The van der Waals surface area contributed by atoms with Gasteiger partial charge in [0.05, 0.1) is 13.2 Å². The number of nitrogens with one attached hydrogen (secondary N) is 1. The van der Waals surface area contributed by atoms with Crippen molar-refractivity contribution in [2.75, 3.05) is 38.3 Å². The van der Waals surface area contributed by atoms with Gasteiger partial charge in [0.1, 0.15) is 0 Å². The molecule has 1 fully saturated rings. The number of halogens is 1. The van der Waals surface area contributed by atoms with E-state index in [0.29, 0.717) is 18.1 Å². The third-order valence-electron chi connectivity index (χ3n) is 4.47. The van der Waals surface area contributed by atoms with E-state index in [9.17, 15) is 4.79 Å². The molecule has 0 aliphatic carbocycles. The van der Waals surface area contributed by atoms with Crippen molar-refractivity contribution in [3.05, 3.63) is 64.7 Å². The molecule has 1 aliphatic rings. The van der Waals surface area contributed by atoms with Gasteiger partial charge in [0.2, 0.25) is 0 Å². The van der Waals surface area contributed by atoms with Crippen molar-refractivity contribution in [2.24, 2.45) is 0 Å². The quantitative estimate of drug-likeness (QED) is 0.872. The maximum atomic E-state index is 12.3. The average Bonchev–Trinajstić information content (AvgIpc) is 2.68. The van der Waals surface area contributed by atoms with Crippen LogP contribution in [0.5, 0.6) is 0 Å². The molecule has 1 saturated heterocycles. The molecule has 2 aromatic rings. The fourth-order valence-electron chi connectivity index (χ4n) is 2.93. The molecule has 0 spiro atoms. The Hall–Kier alpha value is -2.24. The monoisotopic (exact) mass is 373 g/mol. The predicted molar refractivity (Wildman–Crippen MR) is 105 cm³/mol. The summed E-state index contributed by atoms with van der Waals surface area (Å²) in [6.07, 6.45) is 0. The molecule has 0 aromatic heterocycles. The van der Waals surface area contributed by atoms with E-state index in [1.54, 1.807) is 11.9 Å². The maximum absolute atomic E-state index is 12.3. The van der Waals surface area contributed by atoms with E-state index >= 15 is 0 Å². The van der Waals surface area contributed by atoms with Crippen LogP contribution in [-0.2, 0) is 17.8 Å². The molecule has 2 amide bonds. The van der Waals surface area contributed by atoms with Crippen LogP contribution < -0.4 is 10.2 Å². The maximum Gasteiger partial charge on any atom is 0.317 e. The molecule has 3 rings (SSSR count). The summed E-state index contributed by atoms with van der Waals surface area (Å²) in [5, 5.41) is 3.56. The zero-order valence-electron chi connectivity index (χ0n) is 15.0. The van der Waals surface area contributed by atoms with Crippen molar-refractivity contribution in [3.8, 4) is 0 Å². The normalized spacial score (nSPS) is 14.2. The molecule has 0 radical (unpaired) electrons. The number of carbonyl (C=O) groups is 1. The minimum atomic E-state index is -0.123. The van der Waals surface area contributed by atoms with E-state index in [1.165, 1.54) is 5.69 Å². The summed E-state index contributed by atoms with van der Waals surface area (Å²) in [4.78, 5) is 16.3. The summed E-state index contributed by atoms with van der Waals surface area (Å²) >= 11 is 6.12. The zero-order valence-corrected chi connectivity index (χ0v) is 15.7. The Kier molecular flexibility index (Phi) is 6.36. The van der Waals surface area contributed by atoms with Crippen molar-refractivity contribution in [2.45, 2.75) is 13.1 Å². The summed E-state index contributed by atoms with van der Waals surface area (Å²) in [5.41, 5.74) is 3.20. The number of carbonyl (C=O) groups excluding carboxylic acids is 1. The van der Waals surface area contributed by atoms with Crippen molar-refractivity contribution >= 4 is 23.3 Å². The lowest BCUT2D eigenvalue weighted by Crippen LogP contribution is -2.36. The molecule has 1 heterocycles. The Balaban J connectivity index is 1.51. The van der Waals surface area contributed by atoms with Gasteiger partial charge in [-0.2, -0.15) is 0 Å². The van der Waals surface area contributed by atoms with Gasteiger partial charge in [0, 0.05) is 43.9 Å². The molecule has 0 atom stereocenters. The van der Waals surface area contributed by atoms with E-state index < -0.39 is 0 Å². The van der Waals surface area contributed by atoms with Crippen molar-refractivity contribution in [1.82, 2.24) is 10.2 Å². The van der Waals surface area contributed by atoms with Crippen LogP contribution in [0.15, 0.2) is 48.5 Å². The van der Waals surface area contributed by atoms with Gasteiger partial charge in [-0.15, -0.1) is 0 Å². The number of urea groups is 1. The Morgan fingerprint density at radius 1 is 1.15 bits per heavy atom. The molecule has 0 bridgehead atoms. The summed E-state index contributed by atoms with van der Waals surface area (Å²) in [5.74, 6) is 0. The Morgan fingerprint density at radius 3 is 2.54 bits per heavy atom. The van der Waals surface area contributed by atoms with Gasteiger partial charge in [-0.3, -0.25) is 0 Å². The fourth-order valence-corrected chi connectivity index (χ4v) is 3.13. The Morgan fingerprint density at radius 2 is 1.85 bits per heavy atom. The van der Waals surface area contributed by atoms with E-state index in [2.05, 4.69) is 34.5 Å². The van der Waals surface area contributed by atoms with E-state index in [-0.39, 0.29) is 6.03 Å². The smallest absolute Gasteiger partial charge is 0.317 e. The average molecular weight is 374 g/mol. The number of hydrogen-bond acceptors (Lipinski definition) is 3. The lowest BCUT2D eigenvalue weighted by atomic mass is 10.2. The van der Waals surface area contributed by atoms with Gasteiger partial charge in [-0.1, -0.05) is 41.9 Å². The second-order valence-electron chi connectivity index (χ2n) is 6.37. The molecule has 5 nitrogen and oxygen atoms in total. The van der Waals surface area contributed by atoms with Crippen molar-refractivity contribution in [3.63, 3.8) is 0 Å². The van der Waals surface area contributed by atoms with Crippen LogP contribution >= 0.6 is 11.6 Å². The lowest BCUT2D eigenvalue weighted by molar-refractivity contribution is 0.122. The van der Waals surface area contributed by atoms with Gasteiger partial charge >= 0.3 is 6.03 Å². The summed E-state index contributed by atoms with van der Waals surface area (Å²) < 4.78 is 5.39. The molecule has 138 valence electrons. The van der Waals surface area contributed by atoms with Crippen LogP contribution in [0.25, 0.3) is 0 Å². The highest BCUT2D eigenvalue weighted by Gasteiger charge is 2.12. The van der Waals surface area contributed by atoms with Gasteiger partial charge < -0.3 is 19.9 Å². The summed E-state index contributed by atoms with van der Waals surface area (Å²) in [6, 6.07) is 15.8. The number of ether oxygens (including phenoxy) is 1. The molecule has 2 aromatic carbocycles. The molecule has 1 aliphatic heterocycles. The van der Waals surface area contributed by atoms with E-state index in [0.717, 1.165) is 37.4 Å². The van der Waals surface area contributed by atoms with Gasteiger partial charge in [-0.25, -0.2) is 4.79 Å². The van der Waals surface area contributed by atoms with E-state index in [1.807, 2.05) is 24.3 Å². The first kappa shape index (κ1) is 18.5. The topological polar surface area (TPSA) is 44.8 Å². The number of amides is 2. The second-order valence-corrected chi connectivity index (χ2v) is 6.78. The molecule has 6 heteroatoms. The fraction of sp³-hybridized carbons (Fsp3) is 0.350. The summed E-state index contributed by atoms with van der Waals surface area (Å²) in [6.45, 7) is 4.36. The number of nitrogens with zero attached hydrogens (tertiary/aromatic N) is 2. The molecule has 0 unspecified atom stereocenters. The van der Waals surface area contributed by atoms with Crippen LogP contribution in [0, 0.1) is 0 Å². The molecular weight excluding hydrogens is 350 g/mol. The molecule has 26 heavy (non-hydrogen) atoms. The lowest BCUT2D eigenvalue weighted by Gasteiger charge is -2.29. The highest BCUT2D eigenvalue weighted by molar-refractivity contribution is 6.31. The van der Waals surface area contributed by atoms with Crippen LogP contribution in [-0.4, -0.2) is 44.3 Å². The first-order valence-electron chi connectivity index (χ1n) is 8.77. The third-order valence-corrected chi connectivity index (χ3v) is 4.84. The third kappa shape index (κ3) is 4.90. The van der Waals surface area contributed by atoms with Gasteiger partial charge in [0.15, 0.2) is 0 Å². The SMILES string of the molecule is CN(Cc1ccc(N2CCOCC2)cc1)C(=O)NCc1ccccc1Cl. The van der Waals surface area contributed by atoms with Crippen LogP contribution in [0.4, 0.5) is 10.5 Å². The highest BCUT2D eigenvalue weighted by atomic mass is 35.5. The van der Waals surface area contributed by atoms with Crippen LogP contribution in [0.1, 0.15) is 11.1 Å². The summed E-state index contributed by atoms with van der Waals surface area (Å²) in [7, 11) is 1.79. The molecule has 1 N–H and O–H groups in total. The van der Waals surface area contributed by atoms with Gasteiger partial charge in [-0.05, 0) is 29.3 Å². The van der Waals surface area contributed by atoms with E-state index in [4.69, 9.17) is 16.3 Å². The number of anilines is 1. The first-order chi connectivity index (χ1) is 12.6. The predicted octanol–water partition coefficient (Wildman–Crippen LogP) is 3.52. The van der Waals surface area contributed by atoms with Crippen molar-refractivity contribution < 1.29 is 9.53 Å². The Bertz CT molecular complexity index is 730. The largest absolute Gasteiger partial charge is 0.378 e. The number of rotatable bonds is 5. The van der Waals surface area contributed by atoms with Crippen molar-refractivity contribution in [1.29, 1.82) is 0 Å². The number of morpholine rings is 1. The van der Waals surface area contributed by atoms with Gasteiger partial charge in [0.25, 0.3) is 0 Å². The second kappa shape index (κ2) is 8.92. The number of benzene rings is 2. The molecular formula is C20H24ClN3O2. The van der Waals surface area contributed by atoms with Crippen LogP contribution in [0.2, 0.25) is 5.02 Å². The Labute approximate surface area is 159 Å². The first-order valence-corrected chi connectivity index (χ1v) is 9.15. The standard InChI is InChI=1S/C20H24ClN3O2/c1-23(20(25)22-14-17-4-2-3-5-19(17)21)15-16-6-8-18(9-7-16)24-10-12-26-13-11-24/h2-9H,10-15H2,1H3,(H,22,25). The minimum absolute atomic E-state index is 0.123. The highest BCUT2D eigenvalue weighted by Crippen LogP contribution is 2.18. The zero-order chi connectivity index (χ0) is 18.4. The minimum Gasteiger partial charge on any atom is -0.378 e. The number of hydrogen-bond donors (Lipinski definition) is 1. The van der Waals surface area contributed by atoms with Crippen LogP contribution in [0.3, 0.4) is 0 Å².